The fourth-order valence-corrected chi connectivity index (χ4v) is 3.64. The molecule has 0 unspecified atom stereocenters. The minimum atomic E-state index is 0. The molecule has 3 aromatic heterocycles. The van der Waals surface area contributed by atoms with Crippen LogP contribution >= 0.6 is 0 Å². The van der Waals surface area contributed by atoms with Gasteiger partial charge in [0, 0.05) is 26.3 Å². The largest absolute Gasteiger partial charge is 0.437 e. The number of hydrogen-bond acceptors (Lipinski definition) is 3. The zero-order valence-electron chi connectivity index (χ0n) is 19.2. The Morgan fingerprint density at radius 2 is 1.62 bits per heavy atom. The van der Waals surface area contributed by atoms with Gasteiger partial charge < -0.3 is 13.8 Å². The topological polar surface area (TPSA) is 43.3 Å². The van der Waals surface area contributed by atoms with Crippen molar-refractivity contribution in [2.75, 3.05) is 0 Å². The number of para-hydroxylation sites is 2. The normalized spacial score (nSPS) is 10.6. The van der Waals surface area contributed by atoms with Crippen LogP contribution in [-0.2, 0) is 20.1 Å². The molecular formula is C29H23IrN3O-2. The Labute approximate surface area is 212 Å². The van der Waals surface area contributed by atoms with Gasteiger partial charge >= 0.3 is 0 Å². The smallest absolute Gasteiger partial charge is 0.215 e. The Balaban J connectivity index is 0.000000159. The van der Waals surface area contributed by atoms with Crippen LogP contribution in [0.15, 0.2) is 89.6 Å². The Morgan fingerprint density at radius 1 is 0.794 bits per heavy atom. The molecule has 0 spiro atoms. The van der Waals surface area contributed by atoms with Crippen LogP contribution in [0.25, 0.3) is 39.5 Å². The number of pyridine rings is 1. The fourth-order valence-electron chi connectivity index (χ4n) is 3.64. The summed E-state index contributed by atoms with van der Waals surface area (Å²) in [4.78, 5) is 8.82. The summed E-state index contributed by atoms with van der Waals surface area (Å²) in [5.41, 5.74) is 9.39. The zero-order chi connectivity index (χ0) is 22.8. The van der Waals surface area contributed by atoms with Crippen LogP contribution in [0.2, 0.25) is 0 Å². The van der Waals surface area contributed by atoms with Gasteiger partial charge in [-0.1, -0.05) is 30.7 Å². The van der Waals surface area contributed by atoms with Crippen LogP contribution in [0.1, 0.15) is 16.7 Å². The molecule has 3 aromatic carbocycles. The molecule has 5 heteroatoms. The van der Waals surface area contributed by atoms with Crippen molar-refractivity contribution in [2.45, 2.75) is 20.8 Å². The van der Waals surface area contributed by atoms with E-state index < -0.39 is 0 Å². The van der Waals surface area contributed by atoms with E-state index in [9.17, 15) is 0 Å². The molecule has 0 saturated carbocycles. The number of aryl methyl sites for hydroxylation is 3. The number of benzene rings is 3. The summed E-state index contributed by atoms with van der Waals surface area (Å²) in [6, 6.07) is 30.4. The van der Waals surface area contributed by atoms with Gasteiger partial charge in [0.15, 0.2) is 5.58 Å². The third-order valence-electron chi connectivity index (χ3n) is 5.62. The molecule has 3 heterocycles. The van der Waals surface area contributed by atoms with E-state index in [-0.39, 0.29) is 20.1 Å². The Hall–Kier alpha value is -3.53. The summed E-state index contributed by atoms with van der Waals surface area (Å²) < 4.78 is 7.76. The molecule has 0 N–H and O–H groups in total. The second-order valence-corrected chi connectivity index (χ2v) is 8.03. The second-order valence-electron chi connectivity index (χ2n) is 8.03. The molecule has 0 aliphatic carbocycles. The van der Waals surface area contributed by atoms with Crippen molar-refractivity contribution in [3.8, 4) is 22.6 Å². The number of hydrogen-bond donors (Lipinski definition) is 0. The van der Waals surface area contributed by atoms with Crippen molar-refractivity contribution in [2.24, 2.45) is 0 Å². The van der Waals surface area contributed by atoms with Crippen molar-refractivity contribution < 1.29 is 24.5 Å². The van der Waals surface area contributed by atoms with Gasteiger partial charge in [-0.25, -0.2) is 0 Å². The van der Waals surface area contributed by atoms with Gasteiger partial charge in [0.2, 0.25) is 5.71 Å². The van der Waals surface area contributed by atoms with E-state index in [2.05, 4.69) is 61.1 Å². The Kier molecular flexibility index (Phi) is 7.06. The van der Waals surface area contributed by atoms with Crippen molar-refractivity contribution in [1.82, 2.24) is 14.4 Å². The van der Waals surface area contributed by atoms with Gasteiger partial charge in [-0.2, -0.15) is 0 Å². The predicted molar refractivity (Wildman–Crippen MR) is 132 cm³/mol. The van der Waals surface area contributed by atoms with Crippen molar-refractivity contribution in [1.29, 1.82) is 0 Å². The van der Waals surface area contributed by atoms with Crippen LogP contribution in [0.5, 0.6) is 0 Å². The van der Waals surface area contributed by atoms with Gasteiger partial charge in [-0.3, -0.25) is 4.98 Å². The van der Waals surface area contributed by atoms with Gasteiger partial charge in [-0.15, -0.1) is 71.3 Å². The van der Waals surface area contributed by atoms with Crippen LogP contribution in [0.4, 0.5) is 0 Å². The van der Waals surface area contributed by atoms with Crippen LogP contribution in [-0.4, -0.2) is 14.4 Å². The van der Waals surface area contributed by atoms with Gasteiger partial charge in [0.1, 0.15) is 0 Å². The van der Waals surface area contributed by atoms with E-state index in [1.807, 2.05) is 65.2 Å². The van der Waals surface area contributed by atoms with Crippen LogP contribution < -0.4 is 0 Å². The maximum Gasteiger partial charge on any atom is 0.215 e. The second kappa shape index (κ2) is 10.2. The molecule has 0 fully saturated rings. The molecule has 0 amide bonds. The van der Waals surface area contributed by atoms with Crippen molar-refractivity contribution in [3.05, 3.63) is 114 Å². The van der Waals surface area contributed by atoms with Crippen LogP contribution in [0.3, 0.4) is 0 Å². The minimum Gasteiger partial charge on any atom is -0.437 e. The molecule has 0 aliphatic heterocycles. The third-order valence-corrected chi connectivity index (χ3v) is 5.62. The van der Waals surface area contributed by atoms with Gasteiger partial charge in [-0.05, 0) is 37.2 Å². The maximum atomic E-state index is 5.74. The van der Waals surface area contributed by atoms with E-state index in [4.69, 9.17) is 4.42 Å². The van der Waals surface area contributed by atoms with E-state index >= 15 is 0 Å². The first-order valence-electron chi connectivity index (χ1n) is 10.8. The van der Waals surface area contributed by atoms with E-state index in [0.717, 1.165) is 39.5 Å². The number of rotatable bonds is 2. The summed E-state index contributed by atoms with van der Waals surface area (Å²) >= 11 is 0. The standard InChI is InChI=1S/C15H9N2O.C14H14N.Ir/c1-2-6-11(7-3-1)15-16-10-14-17(15)12-8-4-5-9-13(12)18-14;1-10-4-6-13(7-5-10)14-8-11(2)12(3)9-15-14;/h1-6,8-10H;4-6,8-9H,1-3H3;/q2*-1;. The van der Waals surface area contributed by atoms with E-state index in [0.29, 0.717) is 0 Å². The van der Waals surface area contributed by atoms with Crippen molar-refractivity contribution >= 4 is 16.8 Å². The summed E-state index contributed by atoms with van der Waals surface area (Å²) in [7, 11) is 0. The minimum absolute atomic E-state index is 0. The summed E-state index contributed by atoms with van der Waals surface area (Å²) in [6.45, 7) is 6.24. The number of nitrogens with zero attached hydrogens (tertiary/aromatic N) is 3. The molecule has 0 bridgehead atoms. The molecular weight excluding hydrogens is 599 g/mol. The average Bonchev–Trinajstić information content (AvgIpc) is 3.42. The van der Waals surface area contributed by atoms with Crippen molar-refractivity contribution in [3.63, 3.8) is 0 Å². The SMILES string of the molecule is Cc1c[c-]c(-c2cc(C)c(C)cn2)cc1.[Ir].[c-]1ccccc1-c1ncc2oc3ccccc3n12. The molecule has 0 aliphatic rings. The first kappa shape index (κ1) is 23.6. The average molecular weight is 622 g/mol. The maximum absolute atomic E-state index is 5.74. The first-order chi connectivity index (χ1) is 16.1. The molecule has 6 rings (SSSR count). The molecule has 0 saturated heterocycles. The summed E-state index contributed by atoms with van der Waals surface area (Å²) in [5, 5.41) is 0. The van der Waals surface area contributed by atoms with E-state index in [1.54, 1.807) is 6.20 Å². The molecule has 0 atom stereocenters. The zero-order valence-corrected chi connectivity index (χ0v) is 21.6. The summed E-state index contributed by atoms with van der Waals surface area (Å²) in [6.07, 6.45) is 3.66. The number of aromatic nitrogens is 3. The monoisotopic (exact) mass is 622 g/mol. The molecule has 34 heavy (non-hydrogen) atoms. The van der Waals surface area contributed by atoms with E-state index in [1.165, 1.54) is 16.7 Å². The third kappa shape index (κ3) is 4.72. The molecule has 171 valence electrons. The number of imidazole rings is 1. The van der Waals surface area contributed by atoms with Gasteiger partial charge in [0.05, 0.1) is 17.5 Å². The van der Waals surface area contributed by atoms with Gasteiger partial charge in [0.25, 0.3) is 0 Å². The number of fused-ring (bicyclic) bond motifs is 3. The molecule has 1 radical (unpaired) electrons. The Morgan fingerprint density at radius 3 is 2.35 bits per heavy atom. The first-order valence-corrected chi connectivity index (χ1v) is 10.8. The number of oxazole rings is 1. The molecule has 6 aromatic rings. The quantitative estimate of drug-likeness (QED) is 0.195. The predicted octanol–water partition coefficient (Wildman–Crippen LogP) is 7.02. The summed E-state index contributed by atoms with van der Waals surface area (Å²) in [5.74, 6) is 0.857. The van der Waals surface area contributed by atoms with Crippen LogP contribution in [0, 0.1) is 32.9 Å². The molecule has 4 nitrogen and oxygen atoms in total. The Bertz CT molecular complexity index is 1530. The fraction of sp³-hybridized carbons (Fsp3) is 0.103.